The van der Waals surface area contributed by atoms with Gasteiger partial charge in [0.05, 0.1) is 29.4 Å². The minimum absolute atomic E-state index is 0.0634. The molecule has 4 rings (SSSR count). The number of hydrogen-bond donors (Lipinski definition) is 2. The number of carbonyl (C=O) groups is 2. The predicted octanol–water partition coefficient (Wildman–Crippen LogP) is 3.33. The number of para-hydroxylation sites is 1. The number of hydrogen-bond acceptors (Lipinski definition) is 5. The molecule has 8 nitrogen and oxygen atoms in total. The van der Waals surface area contributed by atoms with Gasteiger partial charge in [-0.15, -0.1) is 0 Å². The highest BCUT2D eigenvalue weighted by Crippen LogP contribution is 2.23. The second kappa shape index (κ2) is 10.7. The molecular weight excluding hydrogens is 454 g/mol. The fourth-order valence-corrected chi connectivity index (χ4v) is 5.87. The van der Waals surface area contributed by atoms with Crippen LogP contribution in [0, 0.1) is 6.92 Å². The van der Waals surface area contributed by atoms with Crippen molar-refractivity contribution in [1.29, 1.82) is 0 Å². The smallest absolute Gasteiger partial charge is 0.255 e. The van der Waals surface area contributed by atoms with E-state index < -0.39 is 15.9 Å². The van der Waals surface area contributed by atoms with Crippen molar-refractivity contribution in [3.05, 3.63) is 59.2 Å². The van der Waals surface area contributed by atoms with E-state index in [1.807, 2.05) is 0 Å². The second-order valence-electron chi connectivity index (χ2n) is 8.80. The molecule has 0 aromatic heterocycles. The van der Waals surface area contributed by atoms with E-state index in [1.165, 1.54) is 22.9 Å². The Morgan fingerprint density at radius 2 is 1.65 bits per heavy atom. The Bertz CT molecular complexity index is 1150. The first-order valence-electron chi connectivity index (χ1n) is 11.8. The molecule has 2 aliphatic rings. The molecule has 1 aliphatic heterocycles. The molecule has 0 unspecified atom stereocenters. The number of sulfonamides is 1. The fourth-order valence-electron chi connectivity index (χ4n) is 4.43. The number of benzene rings is 2. The number of amides is 2. The van der Waals surface area contributed by atoms with Gasteiger partial charge in [-0.3, -0.25) is 9.59 Å². The number of anilines is 1. The van der Waals surface area contributed by atoms with E-state index in [4.69, 9.17) is 4.74 Å². The van der Waals surface area contributed by atoms with Crippen LogP contribution in [-0.2, 0) is 14.8 Å². The van der Waals surface area contributed by atoms with Crippen LogP contribution in [0.25, 0.3) is 0 Å². The van der Waals surface area contributed by atoms with Crippen molar-refractivity contribution in [1.82, 2.24) is 9.62 Å². The summed E-state index contributed by atoms with van der Waals surface area (Å²) in [5.41, 5.74) is 1.66. The van der Waals surface area contributed by atoms with E-state index in [0.29, 0.717) is 30.0 Å². The van der Waals surface area contributed by atoms with Crippen LogP contribution in [0.4, 0.5) is 5.69 Å². The number of nitrogens with one attached hydrogen (secondary N) is 2. The van der Waals surface area contributed by atoms with E-state index in [0.717, 1.165) is 25.7 Å². The highest BCUT2D eigenvalue weighted by molar-refractivity contribution is 7.89. The van der Waals surface area contributed by atoms with Crippen molar-refractivity contribution in [3.63, 3.8) is 0 Å². The Morgan fingerprint density at radius 3 is 2.38 bits per heavy atom. The monoisotopic (exact) mass is 485 g/mol. The summed E-state index contributed by atoms with van der Waals surface area (Å²) in [6.07, 6.45) is 5.32. The molecule has 2 N–H and O–H groups in total. The van der Waals surface area contributed by atoms with Crippen LogP contribution < -0.4 is 10.6 Å². The first-order chi connectivity index (χ1) is 16.4. The van der Waals surface area contributed by atoms with Crippen molar-refractivity contribution in [2.75, 3.05) is 31.6 Å². The summed E-state index contributed by atoms with van der Waals surface area (Å²) in [4.78, 5) is 26.2. The van der Waals surface area contributed by atoms with Gasteiger partial charge in [-0.05, 0) is 49.6 Å². The van der Waals surface area contributed by atoms with Gasteiger partial charge in [-0.1, -0.05) is 37.5 Å². The Kier molecular flexibility index (Phi) is 7.65. The molecule has 0 radical (unpaired) electrons. The topological polar surface area (TPSA) is 105 Å². The van der Waals surface area contributed by atoms with Gasteiger partial charge in [0, 0.05) is 24.7 Å². The molecule has 1 heterocycles. The van der Waals surface area contributed by atoms with Crippen LogP contribution in [0.5, 0.6) is 0 Å². The number of carbonyl (C=O) groups excluding carboxylic acids is 2. The molecule has 2 amide bonds. The van der Waals surface area contributed by atoms with E-state index in [1.54, 1.807) is 37.3 Å². The maximum atomic E-state index is 13.2. The lowest BCUT2D eigenvalue weighted by Crippen LogP contribution is -2.40. The number of aryl methyl sites for hydroxylation is 1. The molecule has 2 fully saturated rings. The molecule has 182 valence electrons. The third-order valence-corrected chi connectivity index (χ3v) is 8.32. The maximum Gasteiger partial charge on any atom is 0.255 e. The molecule has 1 saturated heterocycles. The summed E-state index contributed by atoms with van der Waals surface area (Å²) >= 11 is 0. The summed E-state index contributed by atoms with van der Waals surface area (Å²) in [5.74, 6) is -0.683. The lowest BCUT2D eigenvalue weighted by Gasteiger charge is -2.26. The number of ether oxygens (including phenoxy) is 1. The van der Waals surface area contributed by atoms with Gasteiger partial charge in [0.1, 0.15) is 0 Å². The zero-order valence-corrected chi connectivity index (χ0v) is 20.2. The van der Waals surface area contributed by atoms with Gasteiger partial charge < -0.3 is 15.4 Å². The second-order valence-corrected chi connectivity index (χ2v) is 10.7. The SMILES string of the molecule is Cc1ccc(S(=O)(=O)N2CCOCC2)cc1C(=O)Nc1ccccc1C(=O)NC1CCCCC1. The summed E-state index contributed by atoms with van der Waals surface area (Å²) in [7, 11) is -3.74. The zero-order valence-electron chi connectivity index (χ0n) is 19.4. The largest absolute Gasteiger partial charge is 0.379 e. The Balaban J connectivity index is 1.54. The average Bonchev–Trinajstić information content (AvgIpc) is 2.85. The quantitative estimate of drug-likeness (QED) is 0.653. The molecule has 0 atom stereocenters. The number of nitrogens with zero attached hydrogens (tertiary/aromatic N) is 1. The normalized spacial score (nSPS) is 17.8. The van der Waals surface area contributed by atoms with E-state index in [2.05, 4.69) is 10.6 Å². The van der Waals surface area contributed by atoms with Crippen molar-refractivity contribution in [2.24, 2.45) is 0 Å². The van der Waals surface area contributed by atoms with Crippen LogP contribution >= 0.6 is 0 Å². The molecule has 2 aromatic rings. The third-order valence-electron chi connectivity index (χ3n) is 6.42. The lowest BCUT2D eigenvalue weighted by atomic mass is 9.95. The van der Waals surface area contributed by atoms with Gasteiger partial charge in [0.15, 0.2) is 0 Å². The van der Waals surface area contributed by atoms with Crippen LogP contribution in [0.3, 0.4) is 0 Å². The van der Waals surface area contributed by atoms with Gasteiger partial charge in [0.25, 0.3) is 11.8 Å². The summed E-state index contributed by atoms with van der Waals surface area (Å²) in [6, 6.07) is 11.6. The van der Waals surface area contributed by atoms with Crippen LogP contribution in [-0.4, -0.2) is 56.9 Å². The standard InChI is InChI=1S/C25H31N3O5S/c1-18-11-12-20(34(31,32)28-13-15-33-16-14-28)17-22(18)25(30)27-23-10-6-5-9-21(23)24(29)26-19-7-3-2-4-8-19/h5-6,9-12,17,19H,2-4,7-8,13-16H2,1H3,(H,26,29)(H,27,30). The maximum absolute atomic E-state index is 13.2. The first kappa shape index (κ1) is 24.4. The molecular formula is C25H31N3O5S. The van der Waals surface area contributed by atoms with E-state index in [-0.39, 0.29) is 35.5 Å². The average molecular weight is 486 g/mol. The molecule has 1 aliphatic carbocycles. The molecule has 2 aromatic carbocycles. The zero-order chi connectivity index (χ0) is 24.1. The van der Waals surface area contributed by atoms with Crippen molar-refractivity contribution < 1.29 is 22.7 Å². The molecule has 1 saturated carbocycles. The summed E-state index contributed by atoms with van der Waals surface area (Å²) in [6.45, 7) is 3.00. The minimum atomic E-state index is -3.74. The van der Waals surface area contributed by atoms with Crippen molar-refractivity contribution in [3.8, 4) is 0 Å². The van der Waals surface area contributed by atoms with E-state index in [9.17, 15) is 18.0 Å². The van der Waals surface area contributed by atoms with E-state index >= 15 is 0 Å². The van der Waals surface area contributed by atoms with Crippen LogP contribution in [0.15, 0.2) is 47.4 Å². The van der Waals surface area contributed by atoms with Gasteiger partial charge in [0.2, 0.25) is 10.0 Å². The molecule has 0 spiro atoms. The Hall–Kier alpha value is -2.75. The van der Waals surface area contributed by atoms with Crippen LogP contribution in [0.1, 0.15) is 58.4 Å². The van der Waals surface area contributed by atoms with Crippen molar-refractivity contribution >= 4 is 27.5 Å². The lowest BCUT2D eigenvalue weighted by molar-refractivity contribution is 0.0730. The first-order valence-corrected chi connectivity index (χ1v) is 13.2. The fraction of sp³-hybridized carbons (Fsp3) is 0.440. The molecule has 0 bridgehead atoms. The number of morpholine rings is 1. The van der Waals surface area contributed by atoms with Crippen molar-refractivity contribution in [2.45, 2.75) is 50.0 Å². The highest BCUT2D eigenvalue weighted by atomic mass is 32.2. The number of rotatable bonds is 6. The molecule has 9 heteroatoms. The summed E-state index contributed by atoms with van der Waals surface area (Å²) < 4.78 is 32.7. The van der Waals surface area contributed by atoms with Crippen LogP contribution in [0.2, 0.25) is 0 Å². The minimum Gasteiger partial charge on any atom is -0.379 e. The Labute approximate surface area is 200 Å². The summed E-state index contributed by atoms with van der Waals surface area (Å²) in [5, 5.41) is 5.90. The Morgan fingerprint density at radius 1 is 0.941 bits per heavy atom. The van der Waals surface area contributed by atoms with Gasteiger partial charge in [-0.25, -0.2) is 8.42 Å². The molecule has 34 heavy (non-hydrogen) atoms. The predicted molar refractivity (Wildman–Crippen MR) is 129 cm³/mol. The highest BCUT2D eigenvalue weighted by Gasteiger charge is 2.28. The van der Waals surface area contributed by atoms with Gasteiger partial charge >= 0.3 is 0 Å². The van der Waals surface area contributed by atoms with Gasteiger partial charge in [-0.2, -0.15) is 4.31 Å². The third kappa shape index (κ3) is 5.48.